The first-order valence-electron chi connectivity index (χ1n) is 9.95. The van der Waals surface area contributed by atoms with E-state index in [1.54, 1.807) is 7.11 Å². The number of benzene rings is 2. The number of ether oxygens (including phenoxy) is 2. The van der Waals surface area contributed by atoms with Crippen molar-refractivity contribution in [3.05, 3.63) is 42.6 Å². The number of hydrogen-bond donors (Lipinski definition) is 1. The molecule has 0 radical (unpaired) electrons. The predicted octanol–water partition coefficient (Wildman–Crippen LogP) is 4.19. The molecule has 2 heterocycles. The molecule has 1 saturated heterocycles. The molecule has 28 heavy (non-hydrogen) atoms. The Morgan fingerprint density at radius 3 is 2.64 bits per heavy atom. The minimum atomic E-state index is 0.692. The van der Waals surface area contributed by atoms with Crippen molar-refractivity contribution < 1.29 is 9.47 Å². The van der Waals surface area contributed by atoms with E-state index in [2.05, 4.69) is 21.4 Å². The van der Waals surface area contributed by atoms with Crippen molar-refractivity contribution in [1.82, 2.24) is 14.7 Å². The lowest BCUT2D eigenvalue weighted by molar-refractivity contribution is 0.254. The summed E-state index contributed by atoms with van der Waals surface area (Å²) in [6, 6.07) is 12.1. The molecule has 1 N–H and O–H groups in total. The average molecular weight is 380 g/mol. The van der Waals surface area contributed by atoms with E-state index in [4.69, 9.17) is 9.47 Å². The SMILES string of the molecule is COc1ccc(Nc2ccc3nn(C)cc3c2)cc1OCCCN1CCCC1. The van der Waals surface area contributed by atoms with Crippen LogP contribution in [-0.2, 0) is 7.05 Å². The Morgan fingerprint density at radius 2 is 1.82 bits per heavy atom. The molecule has 0 amide bonds. The zero-order valence-electron chi connectivity index (χ0n) is 16.6. The summed E-state index contributed by atoms with van der Waals surface area (Å²) in [4.78, 5) is 2.51. The van der Waals surface area contributed by atoms with Crippen molar-refractivity contribution in [3.63, 3.8) is 0 Å². The van der Waals surface area contributed by atoms with Crippen molar-refractivity contribution in [3.8, 4) is 11.5 Å². The number of anilines is 2. The van der Waals surface area contributed by atoms with Crippen LogP contribution in [0.5, 0.6) is 11.5 Å². The number of hydrogen-bond acceptors (Lipinski definition) is 5. The fourth-order valence-electron chi connectivity index (χ4n) is 3.74. The van der Waals surface area contributed by atoms with Crippen LogP contribution in [0.25, 0.3) is 10.9 Å². The number of aryl methyl sites for hydroxylation is 1. The van der Waals surface area contributed by atoms with E-state index in [-0.39, 0.29) is 0 Å². The molecule has 0 bridgehead atoms. The van der Waals surface area contributed by atoms with Crippen LogP contribution in [0, 0.1) is 0 Å². The van der Waals surface area contributed by atoms with Gasteiger partial charge in [0.2, 0.25) is 0 Å². The molecular weight excluding hydrogens is 352 g/mol. The summed E-state index contributed by atoms with van der Waals surface area (Å²) in [7, 11) is 3.61. The molecule has 0 unspecified atom stereocenters. The first-order valence-corrected chi connectivity index (χ1v) is 9.95. The second kappa shape index (κ2) is 8.52. The van der Waals surface area contributed by atoms with Gasteiger partial charge in [0.1, 0.15) is 0 Å². The maximum absolute atomic E-state index is 6.03. The summed E-state index contributed by atoms with van der Waals surface area (Å²) in [5, 5.41) is 8.98. The van der Waals surface area contributed by atoms with Crippen LogP contribution in [-0.4, -0.2) is 48.0 Å². The number of fused-ring (bicyclic) bond motifs is 1. The Morgan fingerprint density at radius 1 is 1.04 bits per heavy atom. The summed E-state index contributed by atoms with van der Waals surface area (Å²) in [6.45, 7) is 4.25. The van der Waals surface area contributed by atoms with Gasteiger partial charge in [-0.05, 0) is 62.7 Å². The van der Waals surface area contributed by atoms with Crippen molar-refractivity contribution in [1.29, 1.82) is 0 Å². The fourth-order valence-corrected chi connectivity index (χ4v) is 3.74. The number of nitrogens with one attached hydrogen (secondary N) is 1. The molecule has 6 nitrogen and oxygen atoms in total. The monoisotopic (exact) mass is 380 g/mol. The van der Waals surface area contributed by atoms with Gasteiger partial charge in [0.05, 0.1) is 19.2 Å². The molecule has 1 fully saturated rings. The Hall–Kier alpha value is -2.73. The molecule has 0 saturated carbocycles. The van der Waals surface area contributed by atoms with E-state index in [0.717, 1.165) is 46.7 Å². The second-order valence-electron chi connectivity index (χ2n) is 7.32. The van der Waals surface area contributed by atoms with Gasteiger partial charge in [0.25, 0.3) is 0 Å². The van der Waals surface area contributed by atoms with Gasteiger partial charge < -0.3 is 19.7 Å². The summed E-state index contributed by atoms with van der Waals surface area (Å²) < 4.78 is 13.3. The topological polar surface area (TPSA) is 51.6 Å². The van der Waals surface area contributed by atoms with Crippen LogP contribution >= 0.6 is 0 Å². The molecule has 4 rings (SSSR count). The van der Waals surface area contributed by atoms with Gasteiger partial charge in [-0.1, -0.05) is 0 Å². The molecule has 0 spiro atoms. The number of nitrogens with zero attached hydrogens (tertiary/aromatic N) is 3. The highest BCUT2D eigenvalue weighted by Gasteiger charge is 2.11. The van der Waals surface area contributed by atoms with E-state index < -0.39 is 0 Å². The molecule has 3 aromatic rings. The smallest absolute Gasteiger partial charge is 0.163 e. The molecule has 6 heteroatoms. The molecule has 0 atom stereocenters. The lowest BCUT2D eigenvalue weighted by Gasteiger charge is -2.16. The number of rotatable bonds is 8. The fraction of sp³-hybridized carbons (Fsp3) is 0.409. The van der Waals surface area contributed by atoms with Gasteiger partial charge in [-0.25, -0.2) is 0 Å². The minimum absolute atomic E-state index is 0.692. The third-order valence-electron chi connectivity index (χ3n) is 5.15. The summed E-state index contributed by atoms with van der Waals surface area (Å²) >= 11 is 0. The van der Waals surface area contributed by atoms with E-state index in [1.807, 2.05) is 48.3 Å². The van der Waals surface area contributed by atoms with Crippen molar-refractivity contribution in [2.24, 2.45) is 7.05 Å². The van der Waals surface area contributed by atoms with Crippen LogP contribution in [0.2, 0.25) is 0 Å². The highest BCUT2D eigenvalue weighted by Crippen LogP contribution is 2.32. The third kappa shape index (κ3) is 4.39. The zero-order chi connectivity index (χ0) is 19.3. The Balaban J connectivity index is 1.41. The van der Waals surface area contributed by atoms with Crippen LogP contribution < -0.4 is 14.8 Å². The maximum atomic E-state index is 6.03. The summed E-state index contributed by atoms with van der Waals surface area (Å²) in [5.74, 6) is 1.53. The number of likely N-dealkylation sites (tertiary alicyclic amines) is 1. The molecule has 2 aromatic carbocycles. The second-order valence-corrected chi connectivity index (χ2v) is 7.32. The average Bonchev–Trinajstić information content (AvgIpc) is 3.33. The Labute approximate surface area is 166 Å². The minimum Gasteiger partial charge on any atom is -0.493 e. The van der Waals surface area contributed by atoms with Gasteiger partial charge in [0, 0.05) is 42.6 Å². The lowest BCUT2D eigenvalue weighted by atomic mass is 10.2. The Bertz CT molecular complexity index is 931. The van der Waals surface area contributed by atoms with Crippen LogP contribution in [0.3, 0.4) is 0 Å². The molecule has 148 valence electrons. The van der Waals surface area contributed by atoms with Gasteiger partial charge in [0.15, 0.2) is 11.5 Å². The summed E-state index contributed by atoms with van der Waals surface area (Å²) in [5.41, 5.74) is 2.98. The molecule has 0 aliphatic carbocycles. The maximum Gasteiger partial charge on any atom is 0.163 e. The molecule has 1 aliphatic heterocycles. The number of aromatic nitrogens is 2. The van der Waals surface area contributed by atoms with Crippen LogP contribution in [0.15, 0.2) is 42.6 Å². The van der Waals surface area contributed by atoms with E-state index >= 15 is 0 Å². The largest absolute Gasteiger partial charge is 0.493 e. The number of methoxy groups -OCH3 is 1. The van der Waals surface area contributed by atoms with E-state index in [0.29, 0.717) is 6.61 Å². The van der Waals surface area contributed by atoms with E-state index in [1.165, 1.54) is 25.9 Å². The van der Waals surface area contributed by atoms with Crippen molar-refractivity contribution in [2.45, 2.75) is 19.3 Å². The van der Waals surface area contributed by atoms with Gasteiger partial charge >= 0.3 is 0 Å². The molecule has 1 aliphatic rings. The third-order valence-corrected chi connectivity index (χ3v) is 5.15. The molecule has 1 aromatic heterocycles. The van der Waals surface area contributed by atoms with Crippen molar-refractivity contribution >= 4 is 22.3 Å². The standard InChI is InChI=1S/C22H28N4O2/c1-25-16-17-14-18(6-8-20(17)24-25)23-19-7-9-21(27-2)22(15-19)28-13-5-12-26-10-3-4-11-26/h6-9,14-16,23H,3-5,10-13H2,1-2H3. The van der Waals surface area contributed by atoms with Gasteiger partial charge in [-0.15, -0.1) is 0 Å². The molecular formula is C22H28N4O2. The highest BCUT2D eigenvalue weighted by molar-refractivity contribution is 5.83. The van der Waals surface area contributed by atoms with Crippen molar-refractivity contribution in [2.75, 3.05) is 38.7 Å². The predicted molar refractivity (Wildman–Crippen MR) is 113 cm³/mol. The van der Waals surface area contributed by atoms with Gasteiger partial charge in [-0.3, -0.25) is 4.68 Å². The Kier molecular flexibility index (Phi) is 5.67. The highest BCUT2D eigenvalue weighted by atomic mass is 16.5. The summed E-state index contributed by atoms with van der Waals surface area (Å²) in [6.07, 6.45) is 5.70. The first-order chi connectivity index (χ1) is 13.7. The quantitative estimate of drug-likeness (QED) is 0.594. The first kappa shape index (κ1) is 18.6. The normalized spacial score (nSPS) is 14.5. The lowest BCUT2D eigenvalue weighted by Crippen LogP contribution is -2.21. The zero-order valence-corrected chi connectivity index (χ0v) is 16.6. The van der Waals surface area contributed by atoms with Gasteiger partial charge in [-0.2, -0.15) is 5.10 Å². The van der Waals surface area contributed by atoms with E-state index in [9.17, 15) is 0 Å². The van der Waals surface area contributed by atoms with Crippen LogP contribution in [0.4, 0.5) is 11.4 Å². The van der Waals surface area contributed by atoms with Crippen LogP contribution in [0.1, 0.15) is 19.3 Å².